The van der Waals surface area contributed by atoms with Crippen molar-refractivity contribution in [3.63, 3.8) is 0 Å². The van der Waals surface area contributed by atoms with Crippen molar-refractivity contribution in [2.45, 2.75) is 6.92 Å². The Morgan fingerprint density at radius 3 is 2.84 bits per heavy atom. The Hall–Kier alpha value is -3.41. The Morgan fingerprint density at radius 1 is 1.16 bits per heavy atom. The Bertz CT molecular complexity index is 1040. The van der Waals surface area contributed by atoms with Crippen LogP contribution in [-0.4, -0.2) is 27.2 Å². The fourth-order valence-electron chi connectivity index (χ4n) is 2.69. The highest BCUT2D eigenvalue weighted by Crippen LogP contribution is 2.26. The first-order chi connectivity index (χ1) is 12.3. The van der Waals surface area contributed by atoms with Crippen molar-refractivity contribution in [3.05, 3.63) is 66.7 Å². The van der Waals surface area contributed by atoms with E-state index in [4.69, 9.17) is 9.15 Å². The standard InChI is InChI=1S/C19H15N3O3/c1-2-24-19(23)15-12-18-20-9-8-16(22(18)21-15)13-5-3-6-14(11-13)17-7-4-10-25-17/h3-12H,2H2,1H3. The van der Waals surface area contributed by atoms with Gasteiger partial charge in [-0.3, -0.25) is 0 Å². The molecule has 0 atom stereocenters. The van der Waals surface area contributed by atoms with Crippen molar-refractivity contribution in [1.82, 2.24) is 14.6 Å². The summed E-state index contributed by atoms with van der Waals surface area (Å²) in [6.07, 6.45) is 3.34. The van der Waals surface area contributed by atoms with Crippen molar-refractivity contribution >= 4 is 11.6 Å². The highest BCUT2D eigenvalue weighted by Gasteiger charge is 2.15. The van der Waals surface area contributed by atoms with Gasteiger partial charge in [0.15, 0.2) is 11.3 Å². The second-order valence-electron chi connectivity index (χ2n) is 5.41. The van der Waals surface area contributed by atoms with Gasteiger partial charge in [0.25, 0.3) is 0 Å². The van der Waals surface area contributed by atoms with Crippen LogP contribution in [0.2, 0.25) is 0 Å². The number of esters is 1. The lowest BCUT2D eigenvalue weighted by atomic mass is 10.1. The van der Waals surface area contributed by atoms with Gasteiger partial charge in [-0.05, 0) is 31.2 Å². The van der Waals surface area contributed by atoms with E-state index < -0.39 is 5.97 Å². The number of hydrogen-bond acceptors (Lipinski definition) is 5. The molecule has 0 amide bonds. The number of hydrogen-bond donors (Lipinski definition) is 0. The van der Waals surface area contributed by atoms with Crippen LogP contribution < -0.4 is 0 Å². The molecule has 0 saturated carbocycles. The summed E-state index contributed by atoms with van der Waals surface area (Å²) < 4.78 is 12.1. The lowest BCUT2D eigenvalue weighted by molar-refractivity contribution is 0.0519. The van der Waals surface area contributed by atoms with Crippen LogP contribution in [-0.2, 0) is 4.74 Å². The fraction of sp³-hybridized carbons (Fsp3) is 0.105. The van der Waals surface area contributed by atoms with Gasteiger partial charge in [-0.25, -0.2) is 14.3 Å². The smallest absolute Gasteiger partial charge is 0.358 e. The first-order valence-electron chi connectivity index (χ1n) is 7.92. The van der Waals surface area contributed by atoms with E-state index in [2.05, 4.69) is 10.1 Å². The Balaban J connectivity index is 1.82. The van der Waals surface area contributed by atoms with Crippen LogP contribution in [0.3, 0.4) is 0 Å². The van der Waals surface area contributed by atoms with Crippen LogP contribution in [0.1, 0.15) is 17.4 Å². The molecule has 0 aliphatic rings. The summed E-state index contributed by atoms with van der Waals surface area (Å²) in [5.41, 5.74) is 3.56. The van der Waals surface area contributed by atoms with E-state index >= 15 is 0 Å². The molecule has 6 nitrogen and oxygen atoms in total. The maximum Gasteiger partial charge on any atom is 0.358 e. The third kappa shape index (κ3) is 2.78. The molecule has 0 spiro atoms. The predicted octanol–water partition coefficient (Wildman–Crippen LogP) is 3.83. The van der Waals surface area contributed by atoms with Crippen molar-refractivity contribution in [1.29, 1.82) is 0 Å². The Morgan fingerprint density at radius 2 is 2.04 bits per heavy atom. The number of carbonyl (C=O) groups excluding carboxylic acids is 1. The monoisotopic (exact) mass is 333 g/mol. The summed E-state index contributed by atoms with van der Waals surface area (Å²) in [4.78, 5) is 16.2. The molecule has 124 valence electrons. The minimum atomic E-state index is -0.455. The maximum absolute atomic E-state index is 11.9. The molecule has 0 aliphatic carbocycles. The van der Waals surface area contributed by atoms with Crippen LogP contribution in [0.15, 0.2) is 65.4 Å². The highest BCUT2D eigenvalue weighted by molar-refractivity contribution is 5.88. The average molecular weight is 333 g/mol. The molecule has 3 heterocycles. The average Bonchev–Trinajstić information content (AvgIpc) is 3.31. The number of furan rings is 1. The predicted molar refractivity (Wildman–Crippen MR) is 92.1 cm³/mol. The molecule has 3 aromatic heterocycles. The lowest BCUT2D eigenvalue weighted by Crippen LogP contribution is -2.05. The molecule has 4 rings (SSSR count). The molecular weight excluding hydrogens is 318 g/mol. The van der Waals surface area contributed by atoms with Crippen molar-refractivity contribution < 1.29 is 13.9 Å². The first-order valence-corrected chi connectivity index (χ1v) is 7.92. The summed E-state index contributed by atoms with van der Waals surface area (Å²) >= 11 is 0. The molecular formula is C19H15N3O3. The largest absolute Gasteiger partial charge is 0.464 e. The van der Waals surface area contributed by atoms with E-state index in [0.717, 1.165) is 22.6 Å². The molecule has 1 aromatic carbocycles. The lowest BCUT2D eigenvalue weighted by Gasteiger charge is -2.06. The van der Waals surface area contributed by atoms with E-state index in [1.807, 2.05) is 42.5 Å². The van der Waals surface area contributed by atoms with Crippen molar-refractivity contribution in [3.8, 4) is 22.6 Å². The molecule has 4 aromatic rings. The third-order valence-electron chi connectivity index (χ3n) is 3.81. The van der Waals surface area contributed by atoms with Gasteiger partial charge < -0.3 is 9.15 Å². The number of benzene rings is 1. The van der Waals surface area contributed by atoms with Crippen molar-refractivity contribution in [2.24, 2.45) is 0 Å². The number of fused-ring (bicyclic) bond motifs is 1. The van der Waals surface area contributed by atoms with E-state index in [9.17, 15) is 4.79 Å². The molecule has 0 aliphatic heterocycles. The fourth-order valence-corrected chi connectivity index (χ4v) is 2.69. The molecule has 0 fully saturated rings. The van der Waals surface area contributed by atoms with E-state index in [1.54, 1.807) is 30.0 Å². The van der Waals surface area contributed by atoms with Gasteiger partial charge in [0.1, 0.15) is 5.76 Å². The van der Waals surface area contributed by atoms with Crippen LogP contribution in [0.4, 0.5) is 0 Å². The van der Waals surface area contributed by atoms with Crippen molar-refractivity contribution in [2.75, 3.05) is 6.61 Å². The zero-order valence-corrected chi connectivity index (χ0v) is 13.5. The SMILES string of the molecule is CCOC(=O)c1cc2nccc(-c3cccc(-c4ccco4)c3)n2n1. The van der Waals surface area contributed by atoms with Crippen LogP contribution in [0.5, 0.6) is 0 Å². The summed E-state index contributed by atoms with van der Waals surface area (Å²) in [6.45, 7) is 2.07. The molecule has 6 heteroatoms. The summed E-state index contributed by atoms with van der Waals surface area (Å²) in [5, 5.41) is 4.36. The molecule has 0 saturated heterocycles. The second-order valence-corrected chi connectivity index (χ2v) is 5.41. The zero-order valence-electron chi connectivity index (χ0n) is 13.5. The minimum Gasteiger partial charge on any atom is -0.464 e. The Labute approximate surface area is 143 Å². The number of ether oxygens (including phenoxy) is 1. The van der Waals surface area contributed by atoms with Gasteiger partial charge in [-0.2, -0.15) is 5.10 Å². The summed E-state index contributed by atoms with van der Waals surface area (Å²) in [5.74, 6) is 0.336. The van der Waals surface area contributed by atoms with Crippen LogP contribution >= 0.6 is 0 Å². The molecule has 0 unspecified atom stereocenters. The van der Waals surface area contributed by atoms with Gasteiger partial charge >= 0.3 is 5.97 Å². The number of aromatic nitrogens is 3. The first kappa shape index (κ1) is 15.1. The number of rotatable bonds is 4. The molecule has 25 heavy (non-hydrogen) atoms. The quantitative estimate of drug-likeness (QED) is 0.531. The maximum atomic E-state index is 11.9. The van der Waals surface area contributed by atoms with Gasteiger partial charge in [0.2, 0.25) is 0 Å². The zero-order chi connectivity index (χ0) is 17.2. The molecule has 0 bridgehead atoms. The highest BCUT2D eigenvalue weighted by atomic mass is 16.5. The minimum absolute atomic E-state index is 0.240. The number of nitrogens with zero attached hydrogens (tertiary/aromatic N) is 3. The summed E-state index contributed by atoms with van der Waals surface area (Å²) in [6, 6.07) is 15.2. The van der Waals surface area contributed by atoms with E-state index in [0.29, 0.717) is 12.3 Å². The third-order valence-corrected chi connectivity index (χ3v) is 3.81. The molecule has 0 N–H and O–H groups in total. The summed E-state index contributed by atoms with van der Waals surface area (Å²) in [7, 11) is 0. The van der Waals surface area contributed by atoms with Gasteiger partial charge in [0, 0.05) is 23.4 Å². The van der Waals surface area contributed by atoms with Crippen LogP contribution in [0.25, 0.3) is 28.2 Å². The normalized spacial score (nSPS) is 10.9. The van der Waals surface area contributed by atoms with Gasteiger partial charge in [-0.1, -0.05) is 18.2 Å². The van der Waals surface area contributed by atoms with Gasteiger partial charge in [0.05, 0.1) is 18.6 Å². The second kappa shape index (κ2) is 6.24. The van der Waals surface area contributed by atoms with E-state index in [1.165, 1.54) is 0 Å². The van der Waals surface area contributed by atoms with E-state index in [-0.39, 0.29) is 5.69 Å². The number of carbonyl (C=O) groups is 1. The van der Waals surface area contributed by atoms with Gasteiger partial charge in [-0.15, -0.1) is 0 Å². The topological polar surface area (TPSA) is 69.6 Å². The molecule has 0 radical (unpaired) electrons. The Kier molecular flexibility index (Phi) is 3.78. The van der Waals surface area contributed by atoms with Crippen LogP contribution in [0, 0.1) is 0 Å².